The number of hydrogen-bond donors (Lipinski definition) is 1. The highest BCUT2D eigenvalue weighted by atomic mass is 15.2. The molecule has 0 bridgehead atoms. The second-order valence-electron chi connectivity index (χ2n) is 5.15. The van der Waals surface area contributed by atoms with Gasteiger partial charge in [-0.05, 0) is 45.0 Å². The van der Waals surface area contributed by atoms with Gasteiger partial charge in [-0.1, -0.05) is 12.1 Å². The lowest BCUT2D eigenvalue weighted by Crippen LogP contribution is -2.20. The van der Waals surface area contributed by atoms with E-state index in [4.69, 9.17) is 5.73 Å². The normalized spacial score (nSPS) is 16.7. The van der Waals surface area contributed by atoms with Crippen molar-refractivity contribution in [1.82, 2.24) is 9.47 Å². The Morgan fingerprint density at radius 2 is 2.00 bits per heavy atom. The molecule has 3 rings (SSSR count). The van der Waals surface area contributed by atoms with Gasteiger partial charge in [-0.25, -0.2) is 0 Å². The first-order valence-electron chi connectivity index (χ1n) is 6.88. The van der Waals surface area contributed by atoms with Crippen molar-refractivity contribution in [2.75, 3.05) is 18.8 Å². The second kappa shape index (κ2) is 4.65. The lowest BCUT2D eigenvalue weighted by molar-refractivity contribution is 0.322. The fourth-order valence-corrected chi connectivity index (χ4v) is 3.07. The van der Waals surface area contributed by atoms with E-state index in [1.165, 1.54) is 42.5 Å². The monoisotopic (exact) mass is 243 g/mol. The summed E-state index contributed by atoms with van der Waals surface area (Å²) in [6.45, 7) is 6.71. The molecule has 0 atom stereocenters. The minimum atomic E-state index is 0.891. The Labute approximate surface area is 108 Å². The van der Waals surface area contributed by atoms with Crippen molar-refractivity contribution in [3.63, 3.8) is 0 Å². The van der Waals surface area contributed by atoms with E-state index in [-0.39, 0.29) is 0 Å². The maximum atomic E-state index is 6.12. The van der Waals surface area contributed by atoms with Crippen molar-refractivity contribution >= 4 is 16.6 Å². The number of nitrogens with two attached hydrogens (primary N) is 1. The number of aromatic nitrogens is 1. The summed E-state index contributed by atoms with van der Waals surface area (Å²) in [7, 11) is 0. The number of fused-ring (bicyclic) bond motifs is 1. The van der Waals surface area contributed by atoms with Crippen LogP contribution in [-0.4, -0.2) is 22.6 Å². The number of para-hydroxylation sites is 1. The van der Waals surface area contributed by atoms with Gasteiger partial charge in [-0.15, -0.1) is 0 Å². The maximum Gasteiger partial charge on any atom is 0.0716 e. The van der Waals surface area contributed by atoms with Gasteiger partial charge in [0.05, 0.1) is 11.2 Å². The summed E-state index contributed by atoms with van der Waals surface area (Å²) in [4.78, 5) is 2.54. The first kappa shape index (κ1) is 11.6. The Hall–Kier alpha value is -1.48. The summed E-state index contributed by atoms with van der Waals surface area (Å²) in [6, 6.07) is 8.49. The van der Waals surface area contributed by atoms with Gasteiger partial charge >= 0.3 is 0 Å². The highest BCUT2D eigenvalue weighted by molar-refractivity contribution is 5.91. The molecular formula is C15H21N3. The minimum Gasteiger partial charge on any atom is -0.397 e. The first-order valence-corrected chi connectivity index (χ1v) is 6.88. The fraction of sp³-hybridized carbons (Fsp3) is 0.467. The van der Waals surface area contributed by atoms with E-state index in [0.29, 0.717) is 0 Å². The molecule has 0 saturated carbocycles. The quantitative estimate of drug-likeness (QED) is 0.841. The van der Waals surface area contributed by atoms with E-state index in [9.17, 15) is 0 Å². The topological polar surface area (TPSA) is 34.2 Å². The van der Waals surface area contributed by atoms with E-state index in [1.54, 1.807) is 0 Å². The smallest absolute Gasteiger partial charge is 0.0716 e. The molecule has 3 heteroatoms. The number of benzene rings is 1. The molecule has 0 unspecified atom stereocenters. The maximum absolute atomic E-state index is 6.12. The molecule has 0 aliphatic carbocycles. The van der Waals surface area contributed by atoms with Gasteiger partial charge in [0.25, 0.3) is 0 Å². The highest BCUT2D eigenvalue weighted by Gasteiger charge is 2.16. The van der Waals surface area contributed by atoms with E-state index >= 15 is 0 Å². The van der Waals surface area contributed by atoms with Crippen LogP contribution in [0.3, 0.4) is 0 Å². The van der Waals surface area contributed by atoms with Crippen LogP contribution in [0.15, 0.2) is 24.3 Å². The Balaban J connectivity index is 2.02. The number of hydrogen-bond acceptors (Lipinski definition) is 2. The molecule has 0 spiro atoms. The zero-order valence-electron chi connectivity index (χ0n) is 11.0. The molecule has 1 aromatic carbocycles. The molecule has 18 heavy (non-hydrogen) atoms. The van der Waals surface area contributed by atoms with E-state index < -0.39 is 0 Å². The van der Waals surface area contributed by atoms with Crippen molar-refractivity contribution in [2.45, 2.75) is 32.9 Å². The van der Waals surface area contributed by atoms with Gasteiger partial charge in [-0.2, -0.15) is 0 Å². The average Bonchev–Trinajstić information content (AvgIpc) is 2.97. The largest absolute Gasteiger partial charge is 0.397 e. The van der Waals surface area contributed by atoms with Crippen LogP contribution < -0.4 is 5.73 Å². The first-order chi connectivity index (χ1) is 8.79. The Bertz CT molecular complexity index is 550. The third-order valence-electron chi connectivity index (χ3n) is 3.94. The van der Waals surface area contributed by atoms with Crippen molar-refractivity contribution in [3.05, 3.63) is 30.0 Å². The van der Waals surface area contributed by atoms with Crippen LogP contribution in [0.4, 0.5) is 5.69 Å². The van der Waals surface area contributed by atoms with Gasteiger partial charge in [0.1, 0.15) is 0 Å². The fourth-order valence-electron chi connectivity index (χ4n) is 3.07. The Kier molecular flexibility index (Phi) is 3.00. The number of likely N-dealkylation sites (tertiary alicyclic amines) is 1. The molecule has 0 radical (unpaired) electrons. The predicted molar refractivity (Wildman–Crippen MR) is 76.5 cm³/mol. The molecule has 1 aliphatic heterocycles. The number of rotatable bonds is 3. The van der Waals surface area contributed by atoms with Crippen LogP contribution in [-0.2, 0) is 13.1 Å². The van der Waals surface area contributed by atoms with Crippen molar-refractivity contribution in [2.24, 2.45) is 0 Å². The van der Waals surface area contributed by atoms with Gasteiger partial charge in [0, 0.05) is 24.2 Å². The molecule has 1 aliphatic rings. The molecule has 3 nitrogen and oxygen atoms in total. The van der Waals surface area contributed by atoms with Crippen LogP contribution in [0, 0.1) is 0 Å². The third kappa shape index (κ3) is 1.89. The molecule has 0 amide bonds. The predicted octanol–water partition coefficient (Wildman–Crippen LogP) is 2.84. The van der Waals surface area contributed by atoms with Crippen LogP contribution >= 0.6 is 0 Å². The molecule has 1 saturated heterocycles. The minimum absolute atomic E-state index is 0.891. The van der Waals surface area contributed by atoms with E-state index in [2.05, 4.69) is 28.5 Å². The van der Waals surface area contributed by atoms with Crippen LogP contribution in [0.1, 0.15) is 25.5 Å². The van der Waals surface area contributed by atoms with E-state index in [1.807, 2.05) is 12.1 Å². The zero-order valence-corrected chi connectivity index (χ0v) is 11.0. The highest BCUT2D eigenvalue weighted by Crippen LogP contribution is 2.26. The Morgan fingerprint density at radius 1 is 1.22 bits per heavy atom. The SMILES string of the molecule is CCn1c(CN2CCCC2)cc2cccc(N)c21. The van der Waals surface area contributed by atoms with E-state index in [0.717, 1.165) is 18.8 Å². The molecule has 2 N–H and O–H groups in total. The van der Waals surface area contributed by atoms with Crippen LogP contribution in [0.25, 0.3) is 10.9 Å². The summed E-state index contributed by atoms with van der Waals surface area (Å²) in [5.74, 6) is 0. The van der Waals surface area contributed by atoms with Gasteiger partial charge < -0.3 is 10.3 Å². The Morgan fingerprint density at radius 3 is 2.72 bits per heavy atom. The van der Waals surface area contributed by atoms with Crippen molar-refractivity contribution < 1.29 is 0 Å². The number of aryl methyl sites for hydroxylation is 1. The lowest BCUT2D eigenvalue weighted by Gasteiger charge is -2.16. The summed E-state index contributed by atoms with van der Waals surface area (Å²) in [6.07, 6.45) is 2.68. The summed E-state index contributed by atoms with van der Waals surface area (Å²) in [5.41, 5.74) is 9.61. The number of nitrogen functional groups attached to an aromatic ring is 1. The van der Waals surface area contributed by atoms with Crippen LogP contribution in [0.2, 0.25) is 0 Å². The molecule has 96 valence electrons. The van der Waals surface area contributed by atoms with Gasteiger partial charge in [-0.3, -0.25) is 4.90 Å². The summed E-state index contributed by atoms with van der Waals surface area (Å²) in [5, 5.41) is 1.27. The molecule has 1 fully saturated rings. The standard InChI is InChI=1S/C15H21N3/c1-2-18-13(11-17-8-3-4-9-17)10-12-6-5-7-14(16)15(12)18/h5-7,10H,2-4,8-9,11,16H2,1H3. The molecule has 2 heterocycles. The summed E-state index contributed by atoms with van der Waals surface area (Å²) >= 11 is 0. The lowest BCUT2D eigenvalue weighted by atomic mass is 10.2. The third-order valence-corrected chi connectivity index (χ3v) is 3.94. The summed E-state index contributed by atoms with van der Waals surface area (Å²) < 4.78 is 2.36. The number of anilines is 1. The van der Waals surface area contributed by atoms with Crippen molar-refractivity contribution in [1.29, 1.82) is 0 Å². The average molecular weight is 243 g/mol. The van der Waals surface area contributed by atoms with Crippen molar-refractivity contribution in [3.8, 4) is 0 Å². The zero-order chi connectivity index (χ0) is 12.5. The second-order valence-corrected chi connectivity index (χ2v) is 5.15. The molecular weight excluding hydrogens is 222 g/mol. The molecule has 2 aromatic rings. The van der Waals surface area contributed by atoms with Gasteiger partial charge in [0.2, 0.25) is 0 Å². The number of nitrogens with zero attached hydrogens (tertiary/aromatic N) is 2. The molecule has 1 aromatic heterocycles. The van der Waals surface area contributed by atoms with Crippen LogP contribution in [0.5, 0.6) is 0 Å². The van der Waals surface area contributed by atoms with Gasteiger partial charge in [0.15, 0.2) is 0 Å².